The Bertz CT molecular complexity index is 741. The number of aryl methyl sites for hydroxylation is 1. The first-order valence-electron chi connectivity index (χ1n) is 9.92. The van der Waals surface area contributed by atoms with E-state index in [4.69, 9.17) is 9.47 Å². The number of fused-ring (bicyclic) bond motifs is 1. The second-order valence-electron chi connectivity index (χ2n) is 7.37. The number of hydrogen-bond acceptors (Lipinski definition) is 7. The van der Waals surface area contributed by atoms with Gasteiger partial charge in [-0.2, -0.15) is 0 Å². The van der Waals surface area contributed by atoms with Crippen molar-refractivity contribution in [3.63, 3.8) is 0 Å². The van der Waals surface area contributed by atoms with Crippen molar-refractivity contribution >= 4 is 34.2 Å². The number of hydrogen-bond donors (Lipinski definition) is 1. The zero-order valence-electron chi connectivity index (χ0n) is 16.5. The van der Waals surface area contributed by atoms with Gasteiger partial charge in [0.1, 0.15) is 5.00 Å². The zero-order valence-corrected chi connectivity index (χ0v) is 17.4. The molecule has 28 heavy (non-hydrogen) atoms. The number of rotatable bonds is 9. The van der Waals surface area contributed by atoms with Gasteiger partial charge in [0.15, 0.2) is 0 Å². The third-order valence-corrected chi connectivity index (χ3v) is 6.26. The minimum atomic E-state index is -0.406. The maximum absolute atomic E-state index is 12.7. The second kappa shape index (κ2) is 9.52. The van der Waals surface area contributed by atoms with Crippen LogP contribution in [0.1, 0.15) is 53.4 Å². The Balaban J connectivity index is 1.69. The SMILES string of the molecule is CCOC(=O)CN(CC(=O)Nc1sc2c(c1C(=O)OC)CCCC2)CC1CC1. The van der Waals surface area contributed by atoms with Gasteiger partial charge in [0, 0.05) is 11.4 Å². The molecule has 0 spiro atoms. The van der Waals surface area contributed by atoms with Crippen LogP contribution in [-0.4, -0.2) is 56.1 Å². The molecule has 7 nitrogen and oxygen atoms in total. The molecule has 8 heteroatoms. The van der Waals surface area contributed by atoms with Crippen LogP contribution >= 0.6 is 11.3 Å². The van der Waals surface area contributed by atoms with Gasteiger partial charge in [0.05, 0.1) is 32.4 Å². The molecule has 0 radical (unpaired) electrons. The van der Waals surface area contributed by atoms with Crippen LogP contribution in [0.25, 0.3) is 0 Å². The van der Waals surface area contributed by atoms with E-state index in [9.17, 15) is 14.4 Å². The highest BCUT2D eigenvalue weighted by molar-refractivity contribution is 7.17. The molecular formula is C20H28N2O5S. The summed E-state index contributed by atoms with van der Waals surface area (Å²) in [5.41, 5.74) is 1.51. The summed E-state index contributed by atoms with van der Waals surface area (Å²) in [6.45, 7) is 2.99. The fraction of sp³-hybridized carbons (Fsp3) is 0.650. The van der Waals surface area contributed by atoms with Crippen molar-refractivity contribution in [2.24, 2.45) is 5.92 Å². The fourth-order valence-electron chi connectivity index (χ4n) is 3.58. The summed E-state index contributed by atoms with van der Waals surface area (Å²) >= 11 is 1.47. The highest BCUT2D eigenvalue weighted by atomic mass is 32.1. The van der Waals surface area contributed by atoms with Crippen LogP contribution in [0.5, 0.6) is 0 Å². The number of amides is 1. The molecule has 0 bridgehead atoms. The molecule has 3 rings (SSSR count). The summed E-state index contributed by atoms with van der Waals surface area (Å²) in [7, 11) is 1.36. The molecular weight excluding hydrogens is 380 g/mol. The predicted octanol–water partition coefficient (Wildman–Crippen LogP) is 2.63. The van der Waals surface area contributed by atoms with Gasteiger partial charge in [-0.3, -0.25) is 14.5 Å². The lowest BCUT2D eigenvalue weighted by atomic mass is 9.95. The number of carbonyl (C=O) groups is 3. The van der Waals surface area contributed by atoms with Gasteiger partial charge in [-0.25, -0.2) is 4.79 Å². The Morgan fingerprint density at radius 3 is 2.61 bits per heavy atom. The Labute approximate surface area is 169 Å². The van der Waals surface area contributed by atoms with E-state index in [1.807, 2.05) is 4.90 Å². The van der Waals surface area contributed by atoms with Gasteiger partial charge in [-0.1, -0.05) is 0 Å². The average Bonchev–Trinajstić information content (AvgIpc) is 3.39. The summed E-state index contributed by atoms with van der Waals surface area (Å²) in [5.74, 6) is -0.413. The molecule has 1 aromatic heterocycles. The molecule has 0 aliphatic heterocycles. The number of anilines is 1. The van der Waals surface area contributed by atoms with Crippen LogP contribution in [0.3, 0.4) is 0 Å². The van der Waals surface area contributed by atoms with Gasteiger partial charge in [-0.05, 0) is 56.9 Å². The number of nitrogens with zero attached hydrogens (tertiary/aromatic N) is 1. The van der Waals surface area contributed by atoms with E-state index in [2.05, 4.69) is 5.32 Å². The van der Waals surface area contributed by atoms with Crippen molar-refractivity contribution in [3.05, 3.63) is 16.0 Å². The third kappa shape index (κ3) is 5.32. The minimum absolute atomic E-state index is 0.0957. The number of methoxy groups -OCH3 is 1. The number of thiophene rings is 1. The molecule has 2 aliphatic carbocycles. The molecule has 0 aromatic carbocycles. The largest absolute Gasteiger partial charge is 0.465 e. The molecule has 1 aromatic rings. The van der Waals surface area contributed by atoms with E-state index in [-0.39, 0.29) is 25.0 Å². The summed E-state index contributed by atoms with van der Waals surface area (Å²) in [6, 6.07) is 0. The second-order valence-corrected chi connectivity index (χ2v) is 8.48. The van der Waals surface area contributed by atoms with Crippen LogP contribution in [-0.2, 0) is 31.9 Å². The Morgan fingerprint density at radius 1 is 1.18 bits per heavy atom. The first-order valence-corrected chi connectivity index (χ1v) is 10.7. The topological polar surface area (TPSA) is 84.9 Å². The van der Waals surface area contributed by atoms with Gasteiger partial charge >= 0.3 is 11.9 Å². The third-order valence-electron chi connectivity index (χ3n) is 5.05. The molecule has 0 unspecified atom stereocenters. The van der Waals surface area contributed by atoms with Crippen LogP contribution in [0.4, 0.5) is 5.00 Å². The quantitative estimate of drug-likeness (QED) is 0.633. The minimum Gasteiger partial charge on any atom is -0.465 e. The molecule has 0 saturated heterocycles. The fourth-order valence-corrected chi connectivity index (χ4v) is 4.87. The van der Waals surface area contributed by atoms with Crippen molar-refractivity contribution in [2.75, 3.05) is 38.7 Å². The Morgan fingerprint density at radius 2 is 1.93 bits per heavy atom. The van der Waals surface area contributed by atoms with E-state index in [1.165, 1.54) is 18.4 Å². The van der Waals surface area contributed by atoms with Crippen LogP contribution in [0.15, 0.2) is 0 Å². The Kier molecular flexibility index (Phi) is 7.07. The van der Waals surface area contributed by atoms with E-state index in [1.54, 1.807) is 6.92 Å². The van der Waals surface area contributed by atoms with Crippen LogP contribution in [0.2, 0.25) is 0 Å². The average molecular weight is 409 g/mol. The normalized spacial score (nSPS) is 15.8. The lowest BCUT2D eigenvalue weighted by molar-refractivity contribution is -0.144. The van der Waals surface area contributed by atoms with Gasteiger partial charge in [0.2, 0.25) is 5.91 Å². The first-order chi connectivity index (χ1) is 13.5. The molecule has 154 valence electrons. The molecule has 2 aliphatic rings. The summed E-state index contributed by atoms with van der Waals surface area (Å²) < 4.78 is 9.97. The molecule has 1 saturated carbocycles. The van der Waals surface area contributed by atoms with E-state index in [0.29, 0.717) is 29.6 Å². The summed E-state index contributed by atoms with van der Waals surface area (Å²) in [5, 5.41) is 3.46. The lowest BCUT2D eigenvalue weighted by Gasteiger charge is -2.20. The highest BCUT2D eigenvalue weighted by Crippen LogP contribution is 2.38. The maximum atomic E-state index is 12.7. The standard InChI is InChI=1S/C20H28N2O5S/c1-3-27-17(24)12-22(10-13-8-9-13)11-16(23)21-19-18(20(25)26-2)14-6-4-5-7-15(14)28-19/h13H,3-12H2,1-2H3,(H,21,23). The van der Waals surface area contributed by atoms with Gasteiger partial charge in [0.25, 0.3) is 0 Å². The number of carbonyl (C=O) groups excluding carboxylic acids is 3. The highest BCUT2D eigenvalue weighted by Gasteiger charge is 2.29. The van der Waals surface area contributed by atoms with Gasteiger partial charge in [-0.15, -0.1) is 11.3 Å². The summed E-state index contributed by atoms with van der Waals surface area (Å²) in [6.07, 6.45) is 6.15. The van der Waals surface area contributed by atoms with Crippen molar-refractivity contribution in [3.8, 4) is 0 Å². The van der Waals surface area contributed by atoms with E-state index >= 15 is 0 Å². The van der Waals surface area contributed by atoms with E-state index < -0.39 is 5.97 Å². The van der Waals surface area contributed by atoms with Crippen LogP contribution < -0.4 is 5.32 Å². The van der Waals surface area contributed by atoms with E-state index in [0.717, 1.165) is 49.0 Å². The molecule has 1 amide bonds. The van der Waals surface area contributed by atoms with Crippen molar-refractivity contribution in [2.45, 2.75) is 45.4 Å². The maximum Gasteiger partial charge on any atom is 0.341 e. The molecule has 1 N–H and O–H groups in total. The lowest BCUT2D eigenvalue weighted by Crippen LogP contribution is -2.38. The number of nitrogens with one attached hydrogen (secondary N) is 1. The molecule has 1 fully saturated rings. The van der Waals surface area contributed by atoms with Crippen LogP contribution in [0, 0.1) is 5.92 Å². The number of esters is 2. The van der Waals surface area contributed by atoms with Gasteiger partial charge < -0.3 is 14.8 Å². The van der Waals surface area contributed by atoms with Crippen molar-refractivity contribution in [1.82, 2.24) is 4.90 Å². The number of ether oxygens (including phenoxy) is 2. The Hall–Kier alpha value is -1.93. The smallest absolute Gasteiger partial charge is 0.341 e. The first kappa shape index (κ1) is 20.8. The molecule has 1 heterocycles. The zero-order chi connectivity index (χ0) is 20.1. The predicted molar refractivity (Wildman–Crippen MR) is 107 cm³/mol. The monoisotopic (exact) mass is 408 g/mol. The summed E-state index contributed by atoms with van der Waals surface area (Å²) in [4.78, 5) is 39.8. The van der Waals surface area contributed by atoms with Crippen molar-refractivity contribution in [1.29, 1.82) is 0 Å². The molecule has 0 atom stereocenters. The van der Waals surface area contributed by atoms with Crippen molar-refractivity contribution < 1.29 is 23.9 Å².